The Bertz CT molecular complexity index is 399. The maximum atomic E-state index is 11.7. The Hall–Kier alpha value is -0.580. The summed E-state index contributed by atoms with van der Waals surface area (Å²) in [5, 5.41) is 3.50. The van der Waals surface area contributed by atoms with Crippen LogP contribution in [0.1, 0.15) is 32.1 Å². The van der Waals surface area contributed by atoms with E-state index in [0.29, 0.717) is 11.4 Å². The number of halogens is 2. The SMILES string of the molecule is NCCCCCCC(=O)Nc1ccc(Cl)cc1Br. The summed E-state index contributed by atoms with van der Waals surface area (Å²) in [7, 11) is 0. The van der Waals surface area contributed by atoms with Gasteiger partial charge in [0.25, 0.3) is 0 Å². The van der Waals surface area contributed by atoms with Crippen molar-refractivity contribution in [1.82, 2.24) is 0 Å². The van der Waals surface area contributed by atoms with Gasteiger partial charge in [-0.3, -0.25) is 4.79 Å². The quantitative estimate of drug-likeness (QED) is 0.742. The summed E-state index contributed by atoms with van der Waals surface area (Å²) in [5.41, 5.74) is 6.16. The zero-order valence-corrected chi connectivity index (χ0v) is 12.6. The molecule has 1 aromatic rings. The fraction of sp³-hybridized carbons (Fsp3) is 0.462. The van der Waals surface area contributed by atoms with E-state index in [-0.39, 0.29) is 5.91 Å². The summed E-state index contributed by atoms with van der Waals surface area (Å²) in [6, 6.07) is 5.31. The lowest BCUT2D eigenvalue weighted by molar-refractivity contribution is -0.116. The molecule has 3 N–H and O–H groups in total. The first-order valence-electron chi connectivity index (χ1n) is 6.08. The van der Waals surface area contributed by atoms with Gasteiger partial charge >= 0.3 is 0 Å². The molecule has 0 spiro atoms. The van der Waals surface area contributed by atoms with Crippen LogP contribution in [0, 0.1) is 0 Å². The average molecular weight is 334 g/mol. The van der Waals surface area contributed by atoms with Gasteiger partial charge < -0.3 is 11.1 Å². The fourth-order valence-electron chi connectivity index (χ4n) is 1.59. The van der Waals surface area contributed by atoms with Crippen molar-refractivity contribution in [2.45, 2.75) is 32.1 Å². The number of carbonyl (C=O) groups excluding carboxylic acids is 1. The molecule has 0 aliphatic heterocycles. The zero-order valence-electron chi connectivity index (χ0n) is 10.2. The van der Waals surface area contributed by atoms with E-state index >= 15 is 0 Å². The number of benzene rings is 1. The van der Waals surface area contributed by atoms with Gasteiger partial charge in [0, 0.05) is 15.9 Å². The molecule has 5 heteroatoms. The molecular weight excluding hydrogens is 316 g/mol. The molecule has 3 nitrogen and oxygen atoms in total. The molecule has 1 amide bonds. The minimum absolute atomic E-state index is 0.0331. The monoisotopic (exact) mass is 332 g/mol. The molecule has 1 rings (SSSR count). The standard InChI is InChI=1S/C13H18BrClN2O/c14-11-9-10(15)6-7-12(11)17-13(18)5-3-1-2-4-8-16/h6-7,9H,1-5,8,16H2,(H,17,18). The van der Waals surface area contributed by atoms with E-state index in [4.69, 9.17) is 17.3 Å². The predicted molar refractivity (Wildman–Crippen MR) is 79.9 cm³/mol. The van der Waals surface area contributed by atoms with Crippen molar-refractivity contribution in [3.05, 3.63) is 27.7 Å². The molecule has 1 aromatic carbocycles. The van der Waals surface area contributed by atoms with Crippen LogP contribution in [0.15, 0.2) is 22.7 Å². The zero-order chi connectivity index (χ0) is 13.4. The molecule has 0 radical (unpaired) electrons. The van der Waals surface area contributed by atoms with Crippen molar-refractivity contribution in [3.63, 3.8) is 0 Å². The van der Waals surface area contributed by atoms with Crippen LogP contribution in [-0.4, -0.2) is 12.5 Å². The van der Waals surface area contributed by atoms with Crippen LogP contribution < -0.4 is 11.1 Å². The largest absolute Gasteiger partial charge is 0.330 e. The van der Waals surface area contributed by atoms with E-state index in [9.17, 15) is 4.79 Å². The van der Waals surface area contributed by atoms with E-state index in [1.54, 1.807) is 18.2 Å². The predicted octanol–water partition coefficient (Wildman–Crippen LogP) is 3.95. The molecular formula is C13H18BrClN2O. The highest BCUT2D eigenvalue weighted by Crippen LogP contribution is 2.26. The summed E-state index contributed by atoms with van der Waals surface area (Å²) in [4.78, 5) is 11.7. The molecule has 18 heavy (non-hydrogen) atoms. The number of carbonyl (C=O) groups is 1. The fourth-order valence-corrected chi connectivity index (χ4v) is 2.37. The summed E-state index contributed by atoms with van der Waals surface area (Å²) in [6.07, 6.45) is 4.61. The number of nitrogens with two attached hydrogens (primary N) is 1. The van der Waals surface area contributed by atoms with Gasteiger partial charge in [-0.25, -0.2) is 0 Å². The number of unbranched alkanes of at least 4 members (excludes halogenated alkanes) is 3. The molecule has 0 heterocycles. The second kappa shape index (κ2) is 8.51. The van der Waals surface area contributed by atoms with E-state index in [2.05, 4.69) is 21.2 Å². The minimum atomic E-state index is 0.0331. The van der Waals surface area contributed by atoms with Gasteiger partial charge in [-0.1, -0.05) is 24.4 Å². The number of amides is 1. The number of rotatable bonds is 7. The number of nitrogens with one attached hydrogen (secondary N) is 1. The normalized spacial score (nSPS) is 10.4. The average Bonchev–Trinajstić information content (AvgIpc) is 2.32. The summed E-state index contributed by atoms with van der Waals surface area (Å²) >= 11 is 9.20. The van der Waals surface area contributed by atoms with E-state index in [1.165, 1.54) is 0 Å². The van der Waals surface area contributed by atoms with Gasteiger partial charge in [0.05, 0.1) is 5.69 Å². The maximum Gasteiger partial charge on any atom is 0.224 e. The Morgan fingerprint density at radius 1 is 1.28 bits per heavy atom. The minimum Gasteiger partial charge on any atom is -0.330 e. The van der Waals surface area contributed by atoms with Crippen LogP contribution in [0.2, 0.25) is 5.02 Å². The second-order valence-corrected chi connectivity index (χ2v) is 5.42. The Labute approximate surface area is 121 Å². The molecule has 0 atom stereocenters. The Morgan fingerprint density at radius 2 is 2.00 bits per heavy atom. The smallest absolute Gasteiger partial charge is 0.224 e. The molecule has 0 bridgehead atoms. The van der Waals surface area contributed by atoms with Crippen LogP contribution in [0.3, 0.4) is 0 Å². The van der Waals surface area contributed by atoms with Crippen molar-refractivity contribution in [1.29, 1.82) is 0 Å². The lowest BCUT2D eigenvalue weighted by Crippen LogP contribution is -2.11. The molecule has 100 valence electrons. The Morgan fingerprint density at radius 3 is 2.67 bits per heavy atom. The molecule has 0 saturated carbocycles. The second-order valence-electron chi connectivity index (χ2n) is 4.13. The van der Waals surface area contributed by atoms with Gasteiger partial charge in [0.2, 0.25) is 5.91 Å². The van der Waals surface area contributed by atoms with Gasteiger partial charge in [-0.2, -0.15) is 0 Å². The lowest BCUT2D eigenvalue weighted by atomic mass is 10.1. The molecule has 0 aliphatic rings. The number of anilines is 1. The molecule has 0 unspecified atom stereocenters. The third-order valence-corrected chi connectivity index (χ3v) is 3.45. The van der Waals surface area contributed by atoms with Crippen LogP contribution in [0.25, 0.3) is 0 Å². The van der Waals surface area contributed by atoms with Crippen molar-refractivity contribution in [2.75, 3.05) is 11.9 Å². The molecule has 0 saturated heterocycles. The Balaban J connectivity index is 2.31. The van der Waals surface area contributed by atoms with Crippen molar-refractivity contribution < 1.29 is 4.79 Å². The van der Waals surface area contributed by atoms with Crippen LogP contribution in [-0.2, 0) is 4.79 Å². The number of hydrogen-bond donors (Lipinski definition) is 2. The van der Waals surface area contributed by atoms with E-state index < -0.39 is 0 Å². The van der Waals surface area contributed by atoms with Crippen LogP contribution >= 0.6 is 27.5 Å². The van der Waals surface area contributed by atoms with E-state index in [0.717, 1.165) is 42.4 Å². The summed E-state index contributed by atoms with van der Waals surface area (Å²) in [5.74, 6) is 0.0331. The summed E-state index contributed by atoms with van der Waals surface area (Å²) < 4.78 is 0.798. The third kappa shape index (κ3) is 5.85. The third-order valence-electron chi connectivity index (χ3n) is 2.56. The van der Waals surface area contributed by atoms with Crippen LogP contribution in [0.4, 0.5) is 5.69 Å². The van der Waals surface area contributed by atoms with Crippen LogP contribution in [0.5, 0.6) is 0 Å². The first-order chi connectivity index (χ1) is 8.63. The van der Waals surface area contributed by atoms with E-state index in [1.807, 2.05) is 0 Å². The van der Waals surface area contributed by atoms with Gasteiger partial charge in [0.1, 0.15) is 0 Å². The lowest BCUT2D eigenvalue weighted by Gasteiger charge is -2.07. The van der Waals surface area contributed by atoms with Gasteiger partial charge in [0.15, 0.2) is 0 Å². The number of hydrogen-bond acceptors (Lipinski definition) is 2. The highest BCUT2D eigenvalue weighted by atomic mass is 79.9. The molecule has 0 fully saturated rings. The van der Waals surface area contributed by atoms with Crippen molar-refractivity contribution in [2.24, 2.45) is 5.73 Å². The highest BCUT2D eigenvalue weighted by Gasteiger charge is 2.05. The Kier molecular flexibility index (Phi) is 7.32. The molecule has 0 aliphatic carbocycles. The first kappa shape index (κ1) is 15.5. The maximum absolute atomic E-state index is 11.7. The first-order valence-corrected chi connectivity index (χ1v) is 7.25. The van der Waals surface area contributed by atoms with Crippen molar-refractivity contribution in [3.8, 4) is 0 Å². The van der Waals surface area contributed by atoms with Gasteiger partial charge in [-0.15, -0.1) is 0 Å². The molecule has 0 aromatic heterocycles. The topological polar surface area (TPSA) is 55.1 Å². The van der Waals surface area contributed by atoms with Gasteiger partial charge in [-0.05, 0) is 53.5 Å². The summed E-state index contributed by atoms with van der Waals surface area (Å²) in [6.45, 7) is 0.726. The van der Waals surface area contributed by atoms with Crippen molar-refractivity contribution >= 4 is 39.1 Å². The highest BCUT2D eigenvalue weighted by molar-refractivity contribution is 9.10.